The molecule has 0 aromatic heterocycles. The minimum Gasteiger partial charge on any atom is -0.496 e. The van der Waals surface area contributed by atoms with E-state index in [1.807, 2.05) is 0 Å². The van der Waals surface area contributed by atoms with E-state index < -0.39 is 0 Å². The van der Waals surface area contributed by atoms with Gasteiger partial charge in [-0.15, -0.1) is 0 Å². The summed E-state index contributed by atoms with van der Waals surface area (Å²) in [7, 11) is 1.74. The Balaban J connectivity index is 2.36. The zero-order chi connectivity index (χ0) is 11.0. The Kier molecular flexibility index (Phi) is 2.29. The Morgan fingerprint density at radius 1 is 1.19 bits per heavy atom. The topological polar surface area (TPSA) is 21.3 Å². The number of hydrogen-bond acceptors (Lipinski definition) is 2. The molecule has 0 aliphatic carbocycles. The molecule has 1 aliphatic heterocycles. The van der Waals surface area contributed by atoms with Crippen LogP contribution in [0.3, 0.4) is 0 Å². The van der Waals surface area contributed by atoms with E-state index >= 15 is 0 Å². The smallest absolute Gasteiger partial charge is 0.127 e. The lowest BCUT2D eigenvalue weighted by molar-refractivity contribution is 0.418. The van der Waals surface area contributed by atoms with Crippen LogP contribution in [0.1, 0.15) is 11.1 Å². The van der Waals surface area contributed by atoms with Crippen LogP contribution in [0.2, 0.25) is 0 Å². The predicted molar refractivity (Wildman–Crippen MR) is 65.9 cm³/mol. The summed E-state index contributed by atoms with van der Waals surface area (Å²) >= 11 is 0. The largest absolute Gasteiger partial charge is 0.496 e. The third-order valence-corrected chi connectivity index (χ3v) is 3.30. The lowest BCUT2D eigenvalue weighted by Gasteiger charge is -2.20. The molecule has 0 spiro atoms. The molecule has 2 nitrogen and oxygen atoms in total. The van der Waals surface area contributed by atoms with Gasteiger partial charge >= 0.3 is 0 Å². The van der Waals surface area contributed by atoms with E-state index in [9.17, 15) is 0 Å². The van der Waals surface area contributed by atoms with Crippen molar-refractivity contribution < 1.29 is 4.74 Å². The van der Waals surface area contributed by atoms with Gasteiger partial charge in [-0.25, -0.2) is 0 Å². The van der Waals surface area contributed by atoms with Crippen LogP contribution in [-0.4, -0.2) is 13.7 Å². The van der Waals surface area contributed by atoms with Gasteiger partial charge in [0.25, 0.3) is 0 Å². The summed E-state index contributed by atoms with van der Waals surface area (Å²) in [6.45, 7) is 2.03. The molecule has 0 bridgehead atoms. The van der Waals surface area contributed by atoms with Crippen LogP contribution < -0.4 is 10.1 Å². The summed E-state index contributed by atoms with van der Waals surface area (Å²) in [6, 6.07) is 10.7. The molecule has 16 heavy (non-hydrogen) atoms. The Hall–Kier alpha value is -1.54. The summed E-state index contributed by atoms with van der Waals surface area (Å²) < 4.78 is 5.47. The van der Waals surface area contributed by atoms with Crippen LogP contribution >= 0.6 is 0 Å². The van der Waals surface area contributed by atoms with Crippen LogP contribution in [0.5, 0.6) is 5.75 Å². The first kappa shape index (κ1) is 9.67. The van der Waals surface area contributed by atoms with Crippen LogP contribution in [0.4, 0.5) is 0 Å². The molecule has 0 amide bonds. The van der Waals surface area contributed by atoms with Crippen LogP contribution in [0, 0.1) is 0 Å². The second kappa shape index (κ2) is 3.80. The van der Waals surface area contributed by atoms with Crippen molar-refractivity contribution in [3.05, 3.63) is 41.5 Å². The van der Waals surface area contributed by atoms with E-state index in [1.54, 1.807) is 7.11 Å². The summed E-state index contributed by atoms with van der Waals surface area (Å²) in [4.78, 5) is 0. The zero-order valence-corrected chi connectivity index (χ0v) is 9.42. The van der Waals surface area contributed by atoms with Crippen LogP contribution in [0.25, 0.3) is 10.8 Å². The molecule has 0 fully saturated rings. The van der Waals surface area contributed by atoms with Gasteiger partial charge in [-0.1, -0.05) is 24.3 Å². The van der Waals surface area contributed by atoms with Crippen molar-refractivity contribution in [3.8, 4) is 5.75 Å². The van der Waals surface area contributed by atoms with Crippen LogP contribution in [0.15, 0.2) is 30.3 Å². The fourth-order valence-corrected chi connectivity index (χ4v) is 2.52. The number of hydrogen-bond donors (Lipinski definition) is 1. The first-order valence-corrected chi connectivity index (χ1v) is 5.68. The predicted octanol–water partition coefficient (Wildman–Crippen LogP) is 2.49. The molecular weight excluding hydrogens is 198 g/mol. The fourth-order valence-electron chi connectivity index (χ4n) is 2.52. The van der Waals surface area contributed by atoms with E-state index in [0.717, 1.165) is 25.3 Å². The third-order valence-electron chi connectivity index (χ3n) is 3.30. The Labute approximate surface area is 95.2 Å². The number of benzene rings is 2. The monoisotopic (exact) mass is 213 g/mol. The second-order valence-electron chi connectivity index (χ2n) is 4.19. The van der Waals surface area contributed by atoms with Crippen molar-refractivity contribution in [1.29, 1.82) is 0 Å². The summed E-state index contributed by atoms with van der Waals surface area (Å²) in [5.41, 5.74) is 2.86. The maximum absolute atomic E-state index is 5.47. The number of ether oxygens (including phenoxy) is 1. The lowest BCUT2D eigenvalue weighted by atomic mass is 9.93. The molecule has 2 aromatic carbocycles. The number of rotatable bonds is 1. The number of fused-ring (bicyclic) bond motifs is 3. The van der Waals surface area contributed by atoms with Gasteiger partial charge in [0.05, 0.1) is 7.11 Å². The average molecular weight is 213 g/mol. The van der Waals surface area contributed by atoms with Gasteiger partial charge in [-0.2, -0.15) is 0 Å². The summed E-state index contributed by atoms with van der Waals surface area (Å²) in [5.74, 6) is 0.984. The van der Waals surface area contributed by atoms with Gasteiger partial charge in [-0.05, 0) is 35.5 Å². The summed E-state index contributed by atoms with van der Waals surface area (Å²) in [5, 5.41) is 5.97. The Bertz CT molecular complexity index is 533. The minimum atomic E-state index is 0.955. The molecular formula is C14H15NO. The average Bonchev–Trinajstić information content (AvgIpc) is 2.38. The minimum absolute atomic E-state index is 0.955. The van der Waals surface area contributed by atoms with Gasteiger partial charge < -0.3 is 10.1 Å². The molecule has 3 rings (SSSR count). The highest BCUT2D eigenvalue weighted by Gasteiger charge is 2.14. The van der Waals surface area contributed by atoms with Crippen molar-refractivity contribution in [3.63, 3.8) is 0 Å². The molecule has 0 atom stereocenters. The number of methoxy groups -OCH3 is 1. The second-order valence-corrected chi connectivity index (χ2v) is 4.19. The highest BCUT2D eigenvalue weighted by Crippen LogP contribution is 2.32. The maximum Gasteiger partial charge on any atom is 0.127 e. The van der Waals surface area contributed by atoms with Crippen molar-refractivity contribution >= 4 is 10.8 Å². The molecule has 2 heteroatoms. The highest BCUT2D eigenvalue weighted by atomic mass is 16.5. The molecule has 0 unspecified atom stereocenters. The molecule has 1 heterocycles. The van der Waals surface area contributed by atoms with Crippen molar-refractivity contribution in [2.24, 2.45) is 0 Å². The van der Waals surface area contributed by atoms with Gasteiger partial charge in [0.1, 0.15) is 5.75 Å². The molecule has 82 valence electrons. The van der Waals surface area contributed by atoms with E-state index in [4.69, 9.17) is 4.74 Å². The molecule has 2 aromatic rings. The van der Waals surface area contributed by atoms with Crippen molar-refractivity contribution in [2.75, 3.05) is 13.7 Å². The van der Waals surface area contributed by atoms with E-state index in [1.165, 1.54) is 21.9 Å². The first-order valence-electron chi connectivity index (χ1n) is 5.68. The van der Waals surface area contributed by atoms with E-state index in [-0.39, 0.29) is 0 Å². The molecule has 1 N–H and O–H groups in total. The van der Waals surface area contributed by atoms with Gasteiger partial charge in [0, 0.05) is 11.9 Å². The quantitative estimate of drug-likeness (QED) is 0.785. The molecule has 0 saturated heterocycles. The standard InChI is InChI=1S/C14H15NO/c1-16-14-8-10-9-15-7-6-11(10)12-4-2-3-5-13(12)14/h2-5,8,15H,6-7,9H2,1H3. The van der Waals surface area contributed by atoms with Crippen LogP contribution in [-0.2, 0) is 13.0 Å². The normalized spacial score (nSPS) is 14.8. The maximum atomic E-state index is 5.47. The van der Waals surface area contributed by atoms with Gasteiger partial charge in [0.2, 0.25) is 0 Å². The van der Waals surface area contributed by atoms with E-state index in [2.05, 4.69) is 35.6 Å². The third kappa shape index (κ3) is 1.38. The van der Waals surface area contributed by atoms with Crippen molar-refractivity contribution in [2.45, 2.75) is 13.0 Å². The Morgan fingerprint density at radius 3 is 2.81 bits per heavy atom. The first-order chi connectivity index (χ1) is 7.90. The van der Waals surface area contributed by atoms with E-state index in [0.29, 0.717) is 0 Å². The summed E-state index contributed by atoms with van der Waals surface area (Å²) in [6.07, 6.45) is 1.11. The lowest BCUT2D eigenvalue weighted by Crippen LogP contribution is -2.23. The fraction of sp³-hybridized carbons (Fsp3) is 0.286. The molecule has 0 radical (unpaired) electrons. The van der Waals surface area contributed by atoms with Gasteiger partial charge in [0.15, 0.2) is 0 Å². The molecule has 0 saturated carbocycles. The highest BCUT2D eigenvalue weighted by molar-refractivity contribution is 5.92. The number of nitrogens with one attached hydrogen (secondary N) is 1. The zero-order valence-electron chi connectivity index (χ0n) is 9.42. The Morgan fingerprint density at radius 2 is 2.00 bits per heavy atom. The van der Waals surface area contributed by atoms with Gasteiger partial charge in [-0.3, -0.25) is 0 Å². The van der Waals surface area contributed by atoms with Crippen molar-refractivity contribution in [1.82, 2.24) is 5.32 Å². The SMILES string of the molecule is COc1cc2c(c3ccccc13)CCNC2. The molecule has 1 aliphatic rings.